The molecule has 0 heterocycles. The molecule has 1 fully saturated rings. The second-order valence-electron chi connectivity index (χ2n) is 4.26. The van der Waals surface area contributed by atoms with Crippen LogP contribution in [0, 0.1) is 11.7 Å². The van der Waals surface area contributed by atoms with Gasteiger partial charge in [-0.05, 0) is 31.0 Å². The molecule has 3 N–H and O–H groups in total. The lowest BCUT2D eigenvalue weighted by Crippen LogP contribution is -2.32. The third kappa shape index (κ3) is 5.67. The molecule has 22 heavy (non-hydrogen) atoms. The van der Waals surface area contributed by atoms with Gasteiger partial charge in [-0.15, -0.1) is 11.8 Å². The van der Waals surface area contributed by atoms with Gasteiger partial charge in [0, 0.05) is 15.7 Å². The third-order valence-electron chi connectivity index (χ3n) is 2.95. The Balaban J connectivity index is 0.00000102. The highest BCUT2D eigenvalue weighted by Gasteiger charge is 2.35. The summed E-state index contributed by atoms with van der Waals surface area (Å²) >= 11 is 1.26. The van der Waals surface area contributed by atoms with Crippen molar-refractivity contribution in [3.05, 3.63) is 29.6 Å². The fourth-order valence-electron chi connectivity index (χ4n) is 1.79. The minimum atomic E-state index is -0.807. The van der Waals surface area contributed by atoms with Gasteiger partial charge in [0.2, 0.25) is 5.91 Å². The predicted octanol–water partition coefficient (Wildman–Crippen LogP) is 3.93. The molecule has 1 aromatic carbocycles. The van der Waals surface area contributed by atoms with Crippen LogP contribution in [-0.4, -0.2) is 22.2 Å². The van der Waals surface area contributed by atoms with Crippen LogP contribution in [0.1, 0.15) is 50.9 Å². The van der Waals surface area contributed by atoms with Gasteiger partial charge in [0.15, 0.2) is 0 Å². The molecule has 1 aliphatic carbocycles. The Bertz CT molecular complexity index is 502. The van der Waals surface area contributed by atoms with E-state index in [9.17, 15) is 14.0 Å². The number of halogens is 1. The van der Waals surface area contributed by atoms with Gasteiger partial charge in [0.25, 0.3) is 0 Å². The highest BCUT2D eigenvalue weighted by atomic mass is 32.2. The van der Waals surface area contributed by atoms with Crippen molar-refractivity contribution in [1.82, 2.24) is 0 Å². The van der Waals surface area contributed by atoms with Crippen molar-refractivity contribution in [2.24, 2.45) is 11.7 Å². The van der Waals surface area contributed by atoms with Crippen LogP contribution < -0.4 is 5.73 Å². The molecule has 0 aliphatic heterocycles. The lowest BCUT2D eigenvalue weighted by atomic mass is 9.85. The number of carboxylic acid groups (broad SMARTS) is 1. The number of thioether (sulfide) groups is 1. The van der Waals surface area contributed by atoms with Crippen molar-refractivity contribution >= 4 is 23.6 Å². The zero-order valence-electron chi connectivity index (χ0n) is 13.4. The summed E-state index contributed by atoms with van der Waals surface area (Å²) in [6.45, 7) is 8.00. The molecule has 0 atom stereocenters. The number of hydrogen-bond acceptors (Lipinski definition) is 3. The first-order valence-corrected chi connectivity index (χ1v) is 8.34. The van der Waals surface area contributed by atoms with Crippen LogP contribution in [0.4, 0.5) is 4.39 Å². The number of benzene rings is 1. The number of carbonyl (C=O) groups excluding carboxylic acids is 1. The van der Waals surface area contributed by atoms with Crippen molar-refractivity contribution in [3.63, 3.8) is 0 Å². The average molecular weight is 329 g/mol. The van der Waals surface area contributed by atoms with Crippen LogP contribution in [0.15, 0.2) is 23.1 Å². The van der Waals surface area contributed by atoms with Crippen molar-refractivity contribution in [2.45, 2.75) is 50.7 Å². The molecule has 4 nitrogen and oxygen atoms in total. The molecule has 2 rings (SSSR count). The molecule has 0 saturated heterocycles. The fourth-order valence-corrected chi connectivity index (χ4v) is 3.18. The monoisotopic (exact) mass is 329 g/mol. The molecule has 6 heteroatoms. The number of carboxylic acids is 1. The molecular weight excluding hydrogens is 305 g/mol. The van der Waals surface area contributed by atoms with Gasteiger partial charge in [-0.3, -0.25) is 9.59 Å². The second kappa shape index (κ2) is 10.2. The van der Waals surface area contributed by atoms with E-state index >= 15 is 0 Å². The highest BCUT2D eigenvalue weighted by molar-refractivity contribution is 8.00. The Morgan fingerprint density at radius 1 is 1.23 bits per heavy atom. The normalized spacial score (nSPS) is 18.8. The number of amides is 1. The van der Waals surface area contributed by atoms with E-state index in [0.717, 1.165) is 0 Å². The number of hydrogen-bond donors (Lipinski definition) is 2. The van der Waals surface area contributed by atoms with E-state index < -0.39 is 17.7 Å². The largest absolute Gasteiger partial charge is 0.481 e. The van der Waals surface area contributed by atoms with E-state index in [4.69, 9.17) is 10.8 Å². The highest BCUT2D eigenvalue weighted by Crippen LogP contribution is 2.41. The second-order valence-corrected chi connectivity index (χ2v) is 5.60. The van der Waals surface area contributed by atoms with Crippen molar-refractivity contribution in [2.75, 3.05) is 0 Å². The fraction of sp³-hybridized carbons (Fsp3) is 0.500. The minimum absolute atomic E-state index is 0.0868. The molecule has 0 spiro atoms. The van der Waals surface area contributed by atoms with Crippen LogP contribution in [0.5, 0.6) is 0 Å². The maximum Gasteiger partial charge on any atom is 0.306 e. The maximum absolute atomic E-state index is 13.5. The summed E-state index contributed by atoms with van der Waals surface area (Å²) in [6.07, 6.45) is 1.06. The Hall–Kier alpha value is -1.56. The van der Waals surface area contributed by atoms with Gasteiger partial charge in [0.1, 0.15) is 5.82 Å². The van der Waals surface area contributed by atoms with E-state index in [1.807, 2.05) is 27.7 Å². The van der Waals surface area contributed by atoms with Gasteiger partial charge in [-0.2, -0.15) is 0 Å². The molecule has 0 aromatic heterocycles. The van der Waals surface area contributed by atoms with Gasteiger partial charge in [-0.1, -0.05) is 27.7 Å². The van der Waals surface area contributed by atoms with E-state index in [0.29, 0.717) is 17.7 Å². The first-order valence-electron chi connectivity index (χ1n) is 7.46. The van der Waals surface area contributed by atoms with Crippen LogP contribution in [0.25, 0.3) is 0 Å². The lowest BCUT2D eigenvalue weighted by molar-refractivity contribution is -0.144. The van der Waals surface area contributed by atoms with Gasteiger partial charge < -0.3 is 10.8 Å². The van der Waals surface area contributed by atoms with Gasteiger partial charge in [-0.25, -0.2) is 4.39 Å². The molecule has 1 aromatic rings. The summed E-state index contributed by atoms with van der Waals surface area (Å²) in [4.78, 5) is 22.0. The number of aliphatic carboxylic acids is 1. The topological polar surface area (TPSA) is 80.4 Å². The quantitative estimate of drug-likeness (QED) is 0.877. The van der Waals surface area contributed by atoms with Crippen molar-refractivity contribution in [3.8, 4) is 0 Å². The SMILES string of the molecule is CC.CC.NC(=O)c1ccc(F)c(SC2CC(C(=O)O)C2)c1. The number of primary amides is 1. The van der Waals surface area contributed by atoms with Crippen molar-refractivity contribution in [1.29, 1.82) is 0 Å². The van der Waals surface area contributed by atoms with Gasteiger partial charge in [0.05, 0.1) is 5.92 Å². The molecule has 1 saturated carbocycles. The Morgan fingerprint density at radius 2 is 1.77 bits per heavy atom. The molecule has 124 valence electrons. The number of nitrogens with two attached hydrogens (primary N) is 1. The average Bonchev–Trinajstić information content (AvgIpc) is 2.47. The molecule has 1 amide bonds. The van der Waals surface area contributed by atoms with E-state index in [-0.39, 0.29) is 16.7 Å². The molecular formula is C16H24FNO3S. The Labute approximate surface area is 135 Å². The Morgan fingerprint density at radius 3 is 2.23 bits per heavy atom. The summed E-state index contributed by atoms with van der Waals surface area (Å²) in [6, 6.07) is 3.95. The standard InChI is InChI=1S/C12H12FNO3S.2C2H6/c13-9-2-1-6(11(14)15)5-10(9)18-8-3-7(4-8)12(16)17;2*1-2/h1-2,5,7-8H,3-4H2,(H2,14,15)(H,16,17);2*1-2H3. The van der Waals surface area contributed by atoms with Crippen LogP contribution in [-0.2, 0) is 4.79 Å². The van der Waals surface area contributed by atoms with Crippen LogP contribution >= 0.6 is 11.8 Å². The summed E-state index contributed by atoms with van der Waals surface area (Å²) in [5.74, 6) is -2.15. The summed E-state index contributed by atoms with van der Waals surface area (Å²) in [5, 5.41) is 8.83. The van der Waals surface area contributed by atoms with E-state index in [1.165, 1.54) is 30.0 Å². The number of carbonyl (C=O) groups is 2. The van der Waals surface area contributed by atoms with Crippen LogP contribution in [0.3, 0.4) is 0 Å². The number of rotatable bonds is 4. The smallest absolute Gasteiger partial charge is 0.306 e. The summed E-state index contributed by atoms with van der Waals surface area (Å²) < 4.78 is 13.5. The third-order valence-corrected chi connectivity index (χ3v) is 4.24. The minimum Gasteiger partial charge on any atom is -0.481 e. The maximum atomic E-state index is 13.5. The first-order chi connectivity index (χ1) is 10.5. The lowest BCUT2D eigenvalue weighted by Gasteiger charge is -2.31. The summed E-state index contributed by atoms with van der Waals surface area (Å²) in [7, 11) is 0. The molecule has 0 radical (unpaired) electrons. The van der Waals surface area contributed by atoms with E-state index in [1.54, 1.807) is 0 Å². The molecule has 0 bridgehead atoms. The van der Waals surface area contributed by atoms with Gasteiger partial charge >= 0.3 is 5.97 Å². The molecule has 0 unspecified atom stereocenters. The predicted molar refractivity (Wildman–Crippen MR) is 87.6 cm³/mol. The zero-order chi connectivity index (χ0) is 17.3. The zero-order valence-corrected chi connectivity index (χ0v) is 14.2. The first kappa shape index (κ1) is 20.4. The summed E-state index contributed by atoms with van der Waals surface area (Å²) in [5.41, 5.74) is 5.38. The molecule has 1 aliphatic rings. The van der Waals surface area contributed by atoms with Crippen LogP contribution in [0.2, 0.25) is 0 Å². The Kier molecular flexibility index (Phi) is 9.49. The van der Waals surface area contributed by atoms with E-state index in [2.05, 4.69) is 0 Å². The van der Waals surface area contributed by atoms with Crippen molar-refractivity contribution < 1.29 is 19.1 Å².